The fourth-order valence-corrected chi connectivity index (χ4v) is 4.16. The van der Waals surface area contributed by atoms with Gasteiger partial charge in [-0.25, -0.2) is 4.79 Å². The number of allylic oxidation sites excluding steroid dienone is 2. The SMILES string of the molecule is CC(C)(C)N1C[C@H]2CCN(C(=O)O)[C@H]2C2C=CC=CC21. The molecule has 1 aliphatic carbocycles. The molecule has 0 bridgehead atoms. The first-order valence-corrected chi connectivity index (χ1v) is 7.51. The van der Waals surface area contributed by atoms with E-state index in [9.17, 15) is 9.90 Å². The van der Waals surface area contributed by atoms with Crippen LogP contribution in [0, 0.1) is 11.8 Å². The van der Waals surface area contributed by atoms with Crippen molar-refractivity contribution in [3.05, 3.63) is 24.3 Å². The van der Waals surface area contributed by atoms with Gasteiger partial charge < -0.3 is 10.0 Å². The van der Waals surface area contributed by atoms with Crippen molar-refractivity contribution in [2.75, 3.05) is 13.1 Å². The molecular weight excluding hydrogens is 252 g/mol. The molecule has 2 fully saturated rings. The molecule has 0 aromatic heterocycles. The molecule has 0 aromatic carbocycles. The highest BCUT2D eigenvalue weighted by Gasteiger charge is 2.51. The molecule has 1 N–H and O–H groups in total. The molecule has 3 aliphatic rings. The highest BCUT2D eigenvalue weighted by molar-refractivity contribution is 5.66. The lowest BCUT2D eigenvalue weighted by atomic mass is 9.75. The molecule has 0 saturated carbocycles. The van der Waals surface area contributed by atoms with E-state index in [-0.39, 0.29) is 17.5 Å². The van der Waals surface area contributed by atoms with E-state index in [1.165, 1.54) is 0 Å². The molecule has 110 valence electrons. The summed E-state index contributed by atoms with van der Waals surface area (Å²) >= 11 is 0. The van der Waals surface area contributed by atoms with Crippen molar-refractivity contribution in [1.82, 2.24) is 9.80 Å². The minimum Gasteiger partial charge on any atom is -0.465 e. The van der Waals surface area contributed by atoms with E-state index in [4.69, 9.17) is 0 Å². The van der Waals surface area contributed by atoms with E-state index in [0.717, 1.165) is 13.0 Å². The van der Waals surface area contributed by atoms with Gasteiger partial charge in [-0.1, -0.05) is 24.3 Å². The van der Waals surface area contributed by atoms with E-state index < -0.39 is 6.09 Å². The Balaban J connectivity index is 1.95. The predicted octanol–water partition coefficient (Wildman–Crippen LogP) is 2.58. The van der Waals surface area contributed by atoms with Gasteiger partial charge in [0.2, 0.25) is 0 Å². The normalized spacial score (nSPS) is 36.9. The Labute approximate surface area is 120 Å². The van der Waals surface area contributed by atoms with Crippen molar-refractivity contribution < 1.29 is 9.90 Å². The number of piperidine rings is 1. The van der Waals surface area contributed by atoms with E-state index in [2.05, 4.69) is 50.0 Å². The molecule has 2 heterocycles. The number of fused-ring (bicyclic) bond motifs is 3. The molecule has 3 rings (SSSR count). The Morgan fingerprint density at radius 1 is 1.25 bits per heavy atom. The molecule has 20 heavy (non-hydrogen) atoms. The quantitative estimate of drug-likeness (QED) is 0.739. The second-order valence-corrected chi connectivity index (χ2v) is 7.18. The summed E-state index contributed by atoms with van der Waals surface area (Å²) in [6.45, 7) is 8.43. The summed E-state index contributed by atoms with van der Waals surface area (Å²) in [5.74, 6) is 0.749. The van der Waals surface area contributed by atoms with Gasteiger partial charge in [-0.15, -0.1) is 0 Å². The van der Waals surface area contributed by atoms with Crippen LogP contribution >= 0.6 is 0 Å². The third kappa shape index (κ3) is 2.06. The van der Waals surface area contributed by atoms with E-state index in [0.29, 0.717) is 18.5 Å². The third-order valence-corrected chi connectivity index (χ3v) is 5.02. The molecular formula is C16H24N2O2. The maximum atomic E-state index is 11.5. The highest BCUT2D eigenvalue weighted by Crippen LogP contribution is 2.42. The predicted molar refractivity (Wildman–Crippen MR) is 78.6 cm³/mol. The van der Waals surface area contributed by atoms with Gasteiger partial charge in [-0.05, 0) is 33.1 Å². The Kier molecular flexibility index (Phi) is 3.16. The summed E-state index contributed by atoms with van der Waals surface area (Å²) < 4.78 is 0. The molecule has 1 amide bonds. The van der Waals surface area contributed by atoms with E-state index in [1.54, 1.807) is 4.90 Å². The first kappa shape index (κ1) is 13.7. The Hall–Kier alpha value is -1.29. The summed E-state index contributed by atoms with van der Waals surface area (Å²) in [4.78, 5) is 15.7. The van der Waals surface area contributed by atoms with Crippen LogP contribution in [0.25, 0.3) is 0 Å². The zero-order valence-electron chi connectivity index (χ0n) is 12.5. The maximum absolute atomic E-state index is 11.5. The van der Waals surface area contributed by atoms with Crippen LogP contribution in [0.15, 0.2) is 24.3 Å². The average Bonchev–Trinajstić information content (AvgIpc) is 2.80. The zero-order chi connectivity index (χ0) is 14.5. The minimum absolute atomic E-state index is 0.111. The summed E-state index contributed by atoms with van der Waals surface area (Å²) in [6, 6.07) is 0.471. The van der Waals surface area contributed by atoms with Gasteiger partial charge in [0.1, 0.15) is 0 Å². The van der Waals surface area contributed by atoms with Gasteiger partial charge in [0.25, 0.3) is 0 Å². The summed E-state index contributed by atoms with van der Waals surface area (Å²) in [6.07, 6.45) is 8.85. The van der Waals surface area contributed by atoms with E-state index in [1.807, 2.05) is 0 Å². The average molecular weight is 276 g/mol. The number of likely N-dealkylation sites (tertiary alicyclic amines) is 2. The van der Waals surface area contributed by atoms with Gasteiger partial charge in [-0.3, -0.25) is 4.90 Å². The van der Waals surface area contributed by atoms with Gasteiger partial charge in [0.05, 0.1) is 0 Å². The second kappa shape index (κ2) is 4.62. The molecule has 0 radical (unpaired) electrons. The Morgan fingerprint density at radius 3 is 2.60 bits per heavy atom. The number of carboxylic acid groups (broad SMARTS) is 1. The van der Waals surface area contributed by atoms with Gasteiger partial charge in [0.15, 0.2) is 0 Å². The topological polar surface area (TPSA) is 43.8 Å². The number of rotatable bonds is 0. The standard InChI is InChI=1S/C16H24N2O2/c1-16(2,3)18-10-11-8-9-17(15(19)20)14(11)12-6-4-5-7-13(12)18/h4-7,11-14H,8-10H2,1-3H3,(H,19,20)/t11-,12?,13?,14-/m1/s1. The lowest BCUT2D eigenvalue weighted by Crippen LogP contribution is -2.62. The fraction of sp³-hybridized carbons (Fsp3) is 0.688. The van der Waals surface area contributed by atoms with Gasteiger partial charge >= 0.3 is 6.09 Å². The lowest BCUT2D eigenvalue weighted by Gasteiger charge is -2.52. The van der Waals surface area contributed by atoms with Crippen LogP contribution < -0.4 is 0 Å². The molecule has 2 unspecified atom stereocenters. The van der Waals surface area contributed by atoms with Crippen LogP contribution in [0.3, 0.4) is 0 Å². The third-order valence-electron chi connectivity index (χ3n) is 5.02. The molecule has 4 heteroatoms. The van der Waals surface area contributed by atoms with Crippen LogP contribution in [-0.4, -0.2) is 51.7 Å². The Bertz CT molecular complexity index is 464. The number of nitrogens with zero attached hydrogens (tertiary/aromatic N) is 2. The van der Waals surface area contributed by atoms with Crippen molar-refractivity contribution in [2.45, 2.75) is 44.8 Å². The first-order chi connectivity index (χ1) is 9.39. The monoisotopic (exact) mass is 276 g/mol. The lowest BCUT2D eigenvalue weighted by molar-refractivity contribution is -0.00561. The van der Waals surface area contributed by atoms with Crippen LogP contribution in [-0.2, 0) is 0 Å². The molecule has 2 saturated heterocycles. The minimum atomic E-state index is -0.761. The van der Waals surface area contributed by atoms with Crippen molar-refractivity contribution in [1.29, 1.82) is 0 Å². The van der Waals surface area contributed by atoms with E-state index >= 15 is 0 Å². The Morgan fingerprint density at radius 2 is 1.95 bits per heavy atom. The fourth-order valence-electron chi connectivity index (χ4n) is 4.16. The van der Waals surface area contributed by atoms with Crippen molar-refractivity contribution in [3.8, 4) is 0 Å². The molecule has 4 atom stereocenters. The van der Waals surface area contributed by atoms with Crippen molar-refractivity contribution in [2.24, 2.45) is 11.8 Å². The second-order valence-electron chi connectivity index (χ2n) is 7.18. The largest absolute Gasteiger partial charge is 0.465 e. The van der Waals surface area contributed by atoms with Gasteiger partial charge in [-0.2, -0.15) is 0 Å². The molecule has 4 nitrogen and oxygen atoms in total. The van der Waals surface area contributed by atoms with Crippen molar-refractivity contribution >= 4 is 6.09 Å². The summed E-state index contributed by atoms with van der Waals surface area (Å²) in [5, 5.41) is 9.44. The van der Waals surface area contributed by atoms with Crippen molar-refractivity contribution in [3.63, 3.8) is 0 Å². The molecule has 0 aromatic rings. The summed E-state index contributed by atoms with van der Waals surface area (Å²) in [5.41, 5.74) is 0.111. The zero-order valence-corrected chi connectivity index (χ0v) is 12.5. The highest BCUT2D eigenvalue weighted by atomic mass is 16.4. The van der Waals surface area contributed by atoms with Crippen LogP contribution in [0.1, 0.15) is 27.2 Å². The number of carbonyl (C=O) groups is 1. The number of hydrogen-bond acceptors (Lipinski definition) is 2. The summed E-state index contributed by atoms with van der Waals surface area (Å²) in [7, 11) is 0. The first-order valence-electron chi connectivity index (χ1n) is 7.51. The smallest absolute Gasteiger partial charge is 0.407 e. The number of amides is 1. The molecule has 0 spiro atoms. The van der Waals surface area contributed by atoms with Gasteiger partial charge in [0, 0.05) is 36.6 Å². The molecule has 2 aliphatic heterocycles. The van der Waals surface area contributed by atoms with Crippen LogP contribution in [0.5, 0.6) is 0 Å². The number of hydrogen-bond donors (Lipinski definition) is 1. The maximum Gasteiger partial charge on any atom is 0.407 e. The van der Waals surface area contributed by atoms with Crippen LogP contribution in [0.4, 0.5) is 4.79 Å². The van der Waals surface area contributed by atoms with Crippen LogP contribution in [0.2, 0.25) is 0 Å².